The highest BCUT2D eigenvalue weighted by molar-refractivity contribution is 5.90. The molecule has 2 heterocycles. The van der Waals surface area contributed by atoms with E-state index < -0.39 is 36.4 Å². The third kappa shape index (κ3) is 2.47. The second-order valence-electron chi connectivity index (χ2n) is 4.51. The van der Waals surface area contributed by atoms with Crippen LogP contribution in [-0.2, 0) is 4.74 Å². The molecule has 0 radical (unpaired) electrons. The molecule has 1 aliphatic rings. The van der Waals surface area contributed by atoms with Gasteiger partial charge in [-0.25, -0.2) is 4.98 Å². The van der Waals surface area contributed by atoms with Gasteiger partial charge in [0.15, 0.2) is 0 Å². The van der Waals surface area contributed by atoms with Crippen molar-refractivity contribution in [3.63, 3.8) is 0 Å². The maximum atomic E-state index is 10.9. The molecule has 1 amide bonds. The van der Waals surface area contributed by atoms with E-state index in [-0.39, 0.29) is 11.5 Å². The number of imidazole rings is 1. The number of nitrogens with one attached hydrogen (secondary N) is 1. The molecule has 2 rings (SSSR count). The summed E-state index contributed by atoms with van der Waals surface area (Å²) in [5.74, 6) is -0.521. The van der Waals surface area contributed by atoms with Crippen LogP contribution in [0.4, 0.5) is 0 Å². The van der Waals surface area contributed by atoms with Crippen LogP contribution in [0.15, 0.2) is 6.20 Å². The van der Waals surface area contributed by atoms with Gasteiger partial charge in [0.1, 0.15) is 35.9 Å². The van der Waals surface area contributed by atoms with Crippen molar-refractivity contribution in [2.24, 2.45) is 5.73 Å². The second-order valence-corrected chi connectivity index (χ2v) is 4.51. The molecule has 1 saturated heterocycles. The van der Waals surface area contributed by atoms with Crippen LogP contribution in [0, 0.1) is 0 Å². The Labute approximate surface area is 109 Å². The lowest BCUT2D eigenvalue weighted by molar-refractivity contribution is -0.0681. The van der Waals surface area contributed by atoms with E-state index in [9.17, 15) is 20.1 Å². The summed E-state index contributed by atoms with van der Waals surface area (Å²) in [7, 11) is 0. The van der Waals surface area contributed by atoms with Crippen LogP contribution in [0.5, 0.6) is 0 Å². The Balaban J connectivity index is 2.18. The van der Waals surface area contributed by atoms with Gasteiger partial charge in [-0.1, -0.05) is 6.92 Å². The number of hydrogen-bond donors (Lipinski definition) is 5. The van der Waals surface area contributed by atoms with E-state index >= 15 is 0 Å². The summed E-state index contributed by atoms with van der Waals surface area (Å²) in [5, 5.41) is 29.5. The lowest BCUT2D eigenvalue weighted by Crippen LogP contribution is -2.38. The Morgan fingerprint density at radius 1 is 1.58 bits per heavy atom. The van der Waals surface area contributed by atoms with Crippen molar-refractivity contribution in [2.75, 3.05) is 0 Å². The molecule has 0 aromatic carbocycles. The minimum absolute atomic E-state index is 0.0137. The highest BCUT2D eigenvalue weighted by Gasteiger charge is 2.47. The summed E-state index contributed by atoms with van der Waals surface area (Å²) in [6.07, 6.45) is -3.50. The Bertz CT molecular complexity index is 463. The maximum Gasteiger partial charge on any atom is 0.268 e. The number of carbonyl (C=O) groups is 1. The molecular weight excluding hydrogens is 254 g/mol. The molecule has 0 saturated carbocycles. The van der Waals surface area contributed by atoms with Gasteiger partial charge in [0.05, 0.1) is 6.10 Å². The standard InChI is InChI=1S/C11H17N3O5/c1-2-5(15)8-6(16)7(17)9(19-8)11-13-3-4(14-11)10(12)18/h3,5-9,15-17H,2H2,1H3,(H2,12,18)(H,13,14)/t5?,6-,7+,8+,9+/m0/s1. The fourth-order valence-electron chi connectivity index (χ4n) is 2.09. The largest absolute Gasteiger partial charge is 0.390 e. The van der Waals surface area contributed by atoms with Crippen LogP contribution < -0.4 is 5.73 Å². The fraction of sp³-hybridized carbons (Fsp3) is 0.636. The molecule has 1 aliphatic heterocycles. The van der Waals surface area contributed by atoms with E-state index in [0.29, 0.717) is 6.42 Å². The van der Waals surface area contributed by atoms with E-state index in [2.05, 4.69) is 9.97 Å². The zero-order chi connectivity index (χ0) is 14.2. The Kier molecular flexibility index (Phi) is 3.85. The van der Waals surface area contributed by atoms with Crippen LogP contribution in [-0.4, -0.2) is 55.6 Å². The molecule has 8 heteroatoms. The van der Waals surface area contributed by atoms with Crippen molar-refractivity contribution in [1.29, 1.82) is 0 Å². The summed E-state index contributed by atoms with van der Waals surface area (Å²) in [6, 6.07) is 0. The van der Waals surface area contributed by atoms with Crippen LogP contribution >= 0.6 is 0 Å². The van der Waals surface area contributed by atoms with E-state index in [4.69, 9.17) is 10.5 Å². The lowest BCUT2D eigenvalue weighted by atomic mass is 10.0. The molecule has 6 N–H and O–H groups in total. The summed E-state index contributed by atoms with van der Waals surface area (Å²) in [5.41, 5.74) is 5.08. The quantitative estimate of drug-likeness (QED) is 0.448. The van der Waals surface area contributed by atoms with Gasteiger partial charge in [0, 0.05) is 6.20 Å². The predicted molar refractivity (Wildman–Crippen MR) is 63.0 cm³/mol. The number of rotatable bonds is 4. The Morgan fingerprint density at radius 2 is 2.26 bits per heavy atom. The first-order chi connectivity index (χ1) is 8.95. The van der Waals surface area contributed by atoms with E-state index in [1.54, 1.807) is 6.92 Å². The van der Waals surface area contributed by atoms with E-state index in [0.717, 1.165) is 0 Å². The number of primary amides is 1. The fourth-order valence-corrected chi connectivity index (χ4v) is 2.09. The van der Waals surface area contributed by atoms with Gasteiger partial charge in [0.25, 0.3) is 5.91 Å². The molecule has 0 bridgehead atoms. The number of nitrogens with two attached hydrogens (primary N) is 1. The van der Waals surface area contributed by atoms with Crippen molar-refractivity contribution >= 4 is 5.91 Å². The van der Waals surface area contributed by atoms with Gasteiger partial charge in [-0.3, -0.25) is 4.79 Å². The first-order valence-corrected chi connectivity index (χ1v) is 6.00. The van der Waals surface area contributed by atoms with Gasteiger partial charge >= 0.3 is 0 Å². The molecule has 1 unspecified atom stereocenters. The van der Waals surface area contributed by atoms with Crippen molar-refractivity contribution in [1.82, 2.24) is 9.97 Å². The number of H-pyrrole nitrogens is 1. The summed E-state index contributed by atoms with van der Waals surface area (Å²) in [4.78, 5) is 17.5. The highest BCUT2D eigenvalue weighted by atomic mass is 16.6. The van der Waals surface area contributed by atoms with E-state index in [1.165, 1.54) is 6.20 Å². The number of ether oxygens (including phenoxy) is 1. The number of nitrogens with zero attached hydrogens (tertiary/aromatic N) is 1. The minimum atomic E-state index is -1.24. The maximum absolute atomic E-state index is 10.9. The van der Waals surface area contributed by atoms with Gasteiger partial charge in [-0.15, -0.1) is 0 Å². The van der Waals surface area contributed by atoms with Crippen molar-refractivity contribution in [2.45, 2.75) is 43.9 Å². The molecule has 0 aliphatic carbocycles. The number of aromatic nitrogens is 2. The van der Waals surface area contributed by atoms with Gasteiger partial charge in [-0.05, 0) is 6.42 Å². The number of carbonyl (C=O) groups excluding carboxylic acids is 1. The van der Waals surface area contributed by atoms with Crippen LogP contribution in [0.2, 0.25) is 0 Å². The molecule has 1 aromatic heterocycles. The number of hydrogen-bond acceptors (Lipinski definition) is 6. The molecule has 1 aromatic rings. The number of aliphatic hydroxyl groups excluding tert-OH is 3. The predicted octanol–water partition coefficient (Wildman–Crippen LogP) is -1.56. The van der Waals surface area contributed by atoms with E-state index in [1.807, 2.05) is 0 Å². The van der Waals surface area contributed by atoms with Crippen LogP contribution in [0.25, 0.3) is 0 Å². The molecular formula is C11H17N3O5. The number of aromatic amines is 1. The zero-order valence-corrected chi connectivity index (χ0v) is 10.4. The first kappa shape index (κ1) is 13.9. The van der Waals surface area contributed by atoms with Gasteiger partial charge in [-0.2, -0.15) is 0 Å². The average Bonchev–Trinajstić information content (AvgIpc) is 2.96. The molecule has 8 nitrogen and oxygen atoms in total. The SMILES string of the molecule is CCC(O)[C@H]1O[C@@H](c2nc(C(N)=O)c[nH]2)[C@H](O)[C@@H]1O. The minimum Gasteiger partial charge on any atom is -0.390 e. The Morgan fingerprint density at radius 3 is 2.79 bits per heavy atom. The second kappa shape index (κ2) is 5.25. The smallest absolute Gasteiger partial charge is 0.268 e. The van der Waals surface area contributed by atoms with Gasteiger partial charge in [0.2, 0.25) is 0 Å². The summed E-state index contributed by atoms with van der Waals surface area (Å²) in [6.45, 7) is 1.73. The van der Waals surface area contributed by atoms with Crippen molar-refractivity contribution in [3.8, 4) is 0 Å². The van der Waals surface area contributed by atoms with Crippen molar-refractivity contribution < 1.29 is 24.9 Å². The Hall–Kier alpha value is -1.48. The summed E-state index contributed by atoms with van der Waals surface area (Å²) >= 11 is 0. The highest BCUT2D eigenvalue weighted by Crippen LogP contribution is 2.34. The number of amides is 1. The third-order valence-corrected chi connectivity index (χ3v) is 3.22. The molecule has 19 heavy (non-hydrogen) atoms. The average molecular weight is 271 g/mol. The monoisotopic (exact) mass is 271 g/mol. The first-order valence-electron chi connectivity index (χ1n) is 6.00. The van der Waals surface area contributed by atoms with Gasteiger partial charge < -0.3 is 30.8 Å². The topological polar surface area (TPSA) is 142 Å². The number of aliphatic hydroxyl groups is 3. The normalized spacial score (nSPS) is 32.4. The molecule has 106 valence electrons. The zero-order valence-electron chi connectivity index (χ0n) is 10.4. The van der Waals surface area contributed by atoms with Crippen LogP contribution in [0.3, 0.4) is 0 Å². The van der Waals surface area contributed by atoms with Crippen molar-refractivity contribution in [3.05, 3.63) is 17.7 Å². The lowest BCUT2D eigenvalue weighted by Gasteiger charge is -2.19. The molecule has 1 fully saturated rings. The summed E-state index contributed by atoms with van der Waals surface area (Å²) < 4.78 is 5.42. The van der Waals surface area contributed by atoms with Crippen LogP contribution in [0.1, 0.15) is 35.8 Å². The molecule has 0 spiro atoms. The molecule has 5 atom stereocenters. The third-order valence-electron chi connectivity index (χ3n) is 3.22.